The van der Waals surface area contributed by atoms with Gasteiger partial charge in [0.2, 0.25) is 29.5 Å². The number of alkyl halides is 7. The minimum Gasteiger partial charge on any atom is -0.492 e. The van der Waals surface area contributed by atoms with E-state index in [1.807, 2.05) is 66.7 Å². The molecular weight excluding hydrogens is 1510 g/mol. The van der Waals surface area contributed by atoms with Gasteiger partial charge < -0.3 is 54.2 Å². The highest BCUT2D eigenvalue weighted by Gasteiger charge is 2.49. The quantitative estimate of drug-likeness (QED) is 0.0153. The number of likely N-dealkylation sites (tertiary alicyclic amines) is 2. The van der Waals surface area contributed by atoms with Gasteiger partial charge in [0.25, 0.3) is 30.7 Å². The molecule has 3 saturated carbocycles. The molecule has 8 aromatic rings. The molecule has 0 bridgehead atoms. The van der Waals surface area contributed by atoms with E-state index in [0.717, 1.165) is 35.6 Å². The van der Waals surface area contributed by atoms with Crippen LogP contribution in [0.1, 0.15) is 125 Å². The lowest BCUT2D eigenvalue weighted by Gasteiger charge is -2.40. The Morgan fingerprint density at radius 1 is 0.495 bits per heavy atom. The molecule has 6 aromatic heterocycles. The average molecular weight is 1600 g/mol. The Morgan fingerprint density at radius 2 is 0.883 bits per heavy atom. The molecule has 9 heterocycles. The number of aromatic amines is 1. The van der Waals surface area contributed by atoms with Gasteiger partial charge in [0.05, 0.1) is 127 Å². The summed E-state index contributed by atoms with van der Waals surface area (Å²) in [5.74, 6) is -7.21. The van der Waals surface area contributed by atoms with E-state index in [1.54, 1.807) is 84.3 Å². The number of hydrogen-bond donors (Lipinski definition) is 4. The zero-order valence-electron chi connectivity index (χ0n) is 61.6. The number of aromatic nitrogens is 9. The van der Waals surface area contributed by atoms with Crippen molar-refractivity contribution in [3.8, 4) is 29.0 Å². The van der Waals surface area contributed by atoms with Gasteiger partial charge in [-0.25, -0.2) is 51.3 Å². The molecule has 14 rings (SSSR count). The van der Waals surface area contributed by atoms with Crippen LogP contribution in [0, 0.1) is 17.8 Å². The van der Waals surface area contributed by atoms with Crippen LogP contribution in [0.3, 0.4) is 0 Å². The van der Waals surface area contributed by atoms with Crippen molar-refractivity contribution in [3.05, 3.63) is 191 Å². The number of benzene rings is 2. The Labute approximate surface area is 647 Å². The molecule has 6 atom stereocenters. The van der Waals surface area contributed by atoms with Crippen molar-refractivity contribution >= 4 is 64.7 Å². The molecule has 1 radical (unpaired) electrons. The van der Waals surface area contributed by atoms with Crippen LogP contribution in [0.25, 0.3) is 0 Å². The maximum Gasteiger partial charge on any atom is 0.293 e. The molecule has 3 aliphatic carbocycles. The molecule has 2 aromatic carbocycles. The van der Waals surface area contributed by atoms with Crippen molar-refractivity contribution in [2.45, 2.75) is 144 Å². The fraction of sp³-hybridized carbons (Fsp3) is 0.449. The summed E-state index contributed by atoms with van der Waals surface area (Å²) < 4.78 is 115. The number of rotatable bonds is 28. The smallest absolute Gasteiger partial charge is 0.293 e. The highest BCUT2D eigenvalue weighted by atomic mass is 79.9. The molecule has 0 spiro atoms. The van der Waals surface area contributed by atoms with Gasteiger partial charge in [0.15, 0.2) is 0 Å². The van der Waals surface area contributed by atoms with Gasteiger partial charge in [-0.3, -0.25) is 43.9 Å². The lowest BCUT2D eigenvalue weighted by atomic mass is 9.83. The van der Waals surface area contributed by atoms with Gasteiger partial charge in [0.1, 0.15) is 47.9 Å². The SMILES string of the molecule is CC(Br)C(=O)Nc1ccc(OCC2CC2)cn1.CC(C(=O)Nc1ccc(OCC2CC2)cn1)N1CCC(F)(F)C(c2cnc(OCc3ccccc3)cn2)C1.C[C@@H](C(=O)Nc1ccc(OCC2CC2)cn1)N1CCC(F)(F)[C@@H](c2c[nH]c(=O)cn2)C1.O=C[B]N1CCC(F)(F)C(c2cnc(OCc3ccccc3)cn2)C1. The van der Waals surface area contributed by atoms with Crippen molar-refractivity contribution in [2.75, 3.05) is 75.0 Å². The molecule has 6 fully saturated rings. The highest BCUT2D eigenvalue weighted by Crippen LogP contribution is 2.43. The summed E-state index contributed by atoms with van der Waals surface area (Å²) in [6.07, 6.45) is 19.2. The van der Waals surface area contributed by atoms with E-state index >= 15 is 0 Å². The largest absolute Gasteiger partial charge is 0.492 e. The van der Waals surface area contributed by atoms with Gasteiger partial charge in [-0.05, 0) is 131 Å². The van der Waals surface area contributed by atoms with Crippen molar-refractivity contribution < 1.29 is 69.2 Å². The molecule has 6 aliphatic rings. The summed E-state index contributed by atoms with van der Waals surface area (Å²) in [6, 6.07) is 28.3. The number of hydrogen-bond acceptors (Lipinski definition) is 21. The Morgan fingerprint density at radius 3 is 1.23 bits per heavy atom. The minimum atomic E-state index is -2.98. The predicted molar refractivity (Wildman–Crippen MR) is 405 cm³/mol. The van der Waals surface area contributed by atoms with E-state index in [-0.39, 0.29) is 104 Å². The van der Waals surface area contributed by atoms with E-state index in [0.29, 0.717) is 73.4 Å². The second-order valence-corrected chi connectivity index (χ2v) is 29.6. The first-order valence-corrected chi connectivity index (χ1v) is 37.8. The number of ether oxygens (including phenoxy) is 5. The number of pyridine rings is 3. The van der Waals surface area contributed by atoms with E-state index in [4.69, 9.17) is 23.7 Å². The third-order valence-electron chi connectivity index (χ3n) is 19.5. The molecular formula is C78H88BBrF6N15O10. The Balaban J connectivity index is 0.000000152. The van der Waals surface area contributed by atoms with Crippen LogP contribution in [0.2, 0.25) is 0 Å². The first-order chi connectivity index (χ1) is 53.4. The molecule has 3 saturated heterocycles. The number of piperidine rings is 3. The Bertz CT molecular complexity index is 4320. The number of carbonyl (C=O) groups excluding carboxylic acids is 4. The number of carbonyl (C=O) groups is 4. The standard InChI is InChI=1S/C28H31F2N5O3.C21H25F2N5O3.C17H17BF2N3O2.C12H15BrN2O2/c1-19(27(36)34-25-10-9-22(13-32-25)37-17-21-7-8-21)35-12-11-28(29,30)23(16-35)24-14-33-26(15-31-24)38-18-20-5-3-2-4-6-20;1-13(20(30)27-18-5-4-15(8-25-18)31-12-14-2-3-14)28-7-6-21(22,23)16(11-28)17-9-26-19(29)10-24-17;19-17(20)6-7-23(18-12-24)10-14(17)15-8-22-16(9-21-15)25-11-13-4-2-1-3-5-13;1-8(13)12(16)15-11-5-4-10(6-14-11)17-7-9-2-3-9/h2-6,9-10,13-15,19,21,23H,7-8,11-12,16-18H2,1H3,(H,32,34,36);4-5,8-10,13-14,16H,2-3,6-7,11-12H2,1H3,(H,26,29)(H,25,27,30);1-5,8-9,12,14H,6-7,10-11H2;4-6,8-9H,2-3,7H2,1H3,(H,14,15,16)/t;13-,16+;;/m.0../s1. The second kappa shape index (κ2) is 38.8. The molecule has 33 heteroatoms. The van der Waals surface area contributed by atoms with E-state index < -0.39 is 59.6 Å². The van der Waals surface area contributed by atoms with Gasteiger partial charge in [-0.1, -0.05) is 76.6 Å². The van der Waals surface area contributed by atoms with E-state index in [1.165, 1.54) is 76.9 Å². The molecule has 4 unspecified atom stereocenters. The molecule has 4 N–H and O–H groups in total. The summed E-state index contributed by atoms with van der Waals surface area (Å²) in [5, 5.41) is 8.20. The lowest BCUT2D eigenvalue weighted by molar-refractivity contribution is -0.126. The van der Waals surface area contributed by atoms with Gasteiger partial charge >= 0.3 is 0 Å². The third kappa shape index (κ3) is 25.3. The van der Waals surface area contributed by atoms with Gasteiger partial charge in [-0.15, -0.1) is 0 Å². The molecule has 587 valence electrons. The summed E-state index contributed by atoms with van der Waals surface area (Å²) >= 11 is 3.19. The normalized spacial score (nSPS) is 20.0. The maximum atomic E-state index is 14.9. The van der Waals surface area contributed by atoms with Crippen molar-refractivity contribution in [2.24, 2.45) is 17.8 Å². The van der Waals surface area contributed by atoms with Crippen molar-refractivity contribution in [1.82, 2.24) is 59.5 Å². The minimum absolute atomic E-state index is 0.0259. The van der Waals surface area contributed by atoms with Crippen LogP contribution in [-0.4, -0.2) is 185 Å². The average Bonchev–Trinajstić information content (AvgIpc) is 1.44. The Kier molecular flexibility index (Phi) is 28.6. The zero-order valence-corrected chi connectivity index (χ0v) is 63.2. The van der Waals surface area contributed by atoms with Gasteiger partial charge in [-0.2, -0.15) is 0 Å². The first-order valence-electron chi connectivity index (χ1n) is 36.9. The van der Waals surface area contributed by atoms with Crippen LogP contribution in [0.4, 0.5) is 43.8 Å². The summed E-state index contributed by atoms with van der Waals surface area (Å²) in [6.45, 7) is 8.16. The van der Waals surface area contributed by atoms with E-state index in [2.05, 4.69) is 76.7 Å². The van der Waals surface area contributed by atoms with Gasteiger partial charge in [0, 0.05) is 58.2 Å². The molecule has 3 aliphatic heterocycles. The second-order valence-electron chi connectivity index (χ2n) is 28.2. The zero-order chi connectivity index (χ0) is 78.5. The fourth-order valence-electron chi connectivity index (χ4n) is 11.9. The number of halogens is 7. The van der Waals surface area contributed by atoms with Crippen LogP contribution in [0.15, 0.2) is 158 Å². The fourth-order valence-corrected chi connectivity index (χ4v) is 12.0. The topological polar surface area (TPSA) is 296 Å². The number of nitrogens with zero attached hydrogens (tertiary/aromatic N) is 11. The van der Waals surface area contributed by atoms with Crippen LogP contribution in [0.5, 0.6) is 29.0 Å². The maximum absolute atomic E-state index is 14.9. The van der Waals surface area contributed by atoms with Crippen LogP contribution >= 0.6 is 15.9 Å². The molecule has 111 heavy (non-hydrogen) atoms. The summed E-state index contributed by atoms with van der Waals surface area (Å²) in [7, 11) is 1.28. The number of amides is 3. The Hall–Kier alpha value is -9.99. The predicted octanol–water partition coefficient (Wildman–Crippen LogP) is 12.0. The summed E-state index contributed by atoms with van der Waals surface area (Å²) in [4.78, 5) is 99.0. The third-order valence-corrected chi connectivity index (χ3v) is 19.9. The van der Waals surface area contributed by atoms with E-state index in [9.17, 15) is 50.3 Å². The number of nitrogens with one attached hydrogen (secondary N) is 4. The van der Waals surface area contributed by atoms with Crippen LogP contribution in [-0.2, 0) is 32.4 Å². The number of H-pyrrole nitrogens is 1. The molecule has 3 amide bonds. The summed E-state index contributed by atoms with van der Waals surface area (Å²) in [5.41, 5.74) is 1.96. The first kappa shape index (κ1) is 82.0. The van der Waals surface area contributed by atoms with Crippen molar-refractivity contribution in [3.63, 3.8) is 0 Å². The number of anilines is 3. The van der Waals surface area contributed by atoms with Crippen LogP contribution < -0.4 is 45.2 Å². The highest BCUT2D eigenvalue weighted by molar-refractivity contribution is 9.10. The van der Waals surface area contributed by atoms with Crippen molar-refractivity contribution in [1.29, 1.82) is 0 Å². The molecule has 25 nitrogen and oxygen atoms in total. The lowest BCUT2D eigenvalue weighted by Crippen LogP contribution is -2.52. The monoisotopic (exact) mass is 1600 g/mol.